The number of aromatic nitrogens is 1. The molecule has 26 heavy (non-hydrogen) atoms. The van der Waals surface area contributed by atoms with Gasteiger partial charge in [0.2, 0.25) is 10.0 Å². The number of pyridine rings is 1. The van der Waals surface area contributed by atoms with E-state index in [1.165, 1.54) is 0 Å². The minimum absolute atomic E-state index is 0.261. The first kappa shape index (κ1) is 19.9. The smallest absolute Gasteiger partial charge is 0.240 e. The molecule has 0 saturated carbocycles. The van der Waals surface area contributed by atoms with Crippen LogP contribution in [0.3, 0.4) is 0 Å². The Morgan fingerprint density at radius 3 is 2.42 bits per heavy atom. The van der Waals surface area contributed by atoms with E-state index in [0.717, 1.165) is 17.7 Å². The Balaban J connectivity index is 1.71. The van der Waals surface area contributed by atoms with Crippen molar-refractivity contribution in [1.29, 1.82) is 0 Å². The van der Waals surface area contributed by atoms with Gasteiger partial charge in [-0.05, 0) is 31.2 Å². The van der Waals surface area contributed by atoms with Gasteiger partial charge in [0.25, 0.3) is 0 Å². The lowest BCUT2D eigenvalue weighted by Crippen LogP contribution is -2.42. The van der Waals surface area contributed by atoms with Crippen molar-refractivity contribution in [2.45, 2.75) is 18.2 Å². The van der Waals surface area contributed by atoms with Crippen molar-refractivity contribution in [3.05, 3.63) is 59.9 Å². The molecule has 0 spiro atoms. The summed E-state index contributed by atoms with van der Waals surface area (Å²) in [6, 6.07) is 12.6. The van der Waals surface area contributed by atoms with Gasteiger partial charge < -0.3 is 10.6 Å². The largest absolute Gasteiger partial charge is 0.356 e. The number of nitrogens with zero attached hydrogens (tertiary/aromatic N) is 2. The van der Waals surface area contributed by atoms with E-state index in [-0.39, 0.29) is 11.4 Å². The first-order valence-corrected chi connectivity index (χ1v) is 9.90. The van der Waals surface area contributed by atoms with Crippen molar-refractivity contribution in [2.75, 3.05) is 26.7 Å². The molecule has 2 aromatic rings. The minimum atomic E-state index is -3.49. The standard InChI is InChI=1S/C18H25N5O2S/c1-15-6-8-17(9-7-15)26(24,25)23-14-13-22-18(19-2)21-12-10-16-5-3-4-11-20-16/h3-9,11,23H,10,12-14H2,1-2H3,(H2,19,21,22). The second-order valence-electron chi connectivity index (χ2n) is 5.71. The summed E-state index contributed by atoms with van der Waals surface area (Å²) in [6.45, 7) is 3.29. The van der Waals surface area contributed by atoms with Crippen LogP contribution in [0, 0.1) is 6.92 Å². The highest BCUT2D eigenvalue weighted by Crippen LogP contribution is 2.09. The molecule has 3 N–H and O–H groups in total. The number of hydrogen-bond acceptors (Lipinski definition) is 4. The van der Waals surface area contributed by atoms with Gasteiger partial charge in [-0.25, -0.2) is 13.1 Å². The molecule has 2 rings (SSSR count). The van der Waals surface area contributed by atoms with Crippen molar-refractivity contribution < 1.29 is 8.42 Å². The van der Waals surface area contributed by atoms with E-state index < -0.39 is 10.0 Å². The van der Waals surface area contributed by atoms with E-state index in [2.05, 4.69) is 25.3 Å². The molecule has 1 heterocycles. The van der Waals surface area contributed by atoms with Gasteiger partial charge in [-0.3, -0.25) is 9.98 Å². The third-order valence-corrected chi connectivity index (χ3v) is 5.14. The number of hydrogen-bond donors (Lipinski definition) is 3. The van der Waals surface area contributed by atoms with Gasteiger partial charge in [-0.1, -0.05) is 23.8 Å². The van der Waals surface area contributed by atoms with Crippen molar-refractivity contribution in [2.24, 2.45) is 4.99 Å². The summed E-state index contributed by atoms with van der Waals surface area (Å²) in [5, 5.41) is 6.26. The van der Waals surface area contributed by atoms with Crippen LogP contribution in [0.4, 0.5) is 0 Å². The van der Waals surface area contributed by atoms with Crippen molar-refractivity contribution in [1.82, 2.24) is 20.3 Å². The van der Waals surface area contributed by atoms with Crippen LogP contribution in [0.25, 0.3) is 0 Å². The summed E-state index contributed by atoms with van der Waals surface area (Å²) in [6.07, 6.45) is 2.55. The molecule has 140 valence electrons. The fourth-order valence-corrected chi connectivity index (χ4v) is 3.27. The van der Waals surface area contributed by atoms with Crippen LogP contribution >= 0.6 is 0 Å². The minimum Gasteiger partial charge on any atom is -0.356 e. The van der Waals surface area contributed by atoms with Crippen LogP contribution in [0.2, 0.25) is 0 Å². The highest BCUT2D eigenvalue weighted by Gasteiger charge is 2.12. The number of aryl methyl sites for hydroxylation is 1. The van der Waals surface area contributed by atoms with Crippen LogP contribution < -0.4 is 15.4 Å². The fraction of sp³-hybridized carbons (Fsp3) is 0.333. The zero-order chi connectivity index (χ0) is 18.8. The van der Waals surface area contributed by atoms with Crippen LogP contribution in [0.5, 0.6) is 0 Å². The molecule has 0 bridgehead atoms. The Kier molecular flexibility index (Phi) is 7.55. The normalized spacial score (nSPS) is 12.0. The molecule has 0 atom stereocenters. The van der Waals surface area contributed by atoms with E-state index in [1.807, 2.05) is 25.1 Å². The van der Waals surface area contributed by atoms with E-state index in [1.54, 1.807) is 37.5 Å². The topological polar surface area (TPSA) is 95.5 Å². The molecule has 0 radical (unpaired) electrons. The molecule has 0 saturated heterocycles. The number of rotatable bonds is 8. The Labute approximate surface area is 155 Å². The SMILES string of the molecule is CN=C(NCCNS(=O)(=O)c1ccc(C)cc1)NCCc1ccccn1. The van der Waals surface area contributed by atoms with Gasteiger partial charge >= 0.3 is 0 Å². The van der Waals surface area contributed by atoms with Gasteiger partial charge in [-0.2, -0.15) is 0 Å². The molecule has 7 nitrogen and oxygen atoms in total. The van der Waals surface area contributed by atoms with E-state index in [9.17, 15) is 8.42 Å². The lowest BCUT2D eigenvalue weighted by atomic mass is 10.2. The molecule has 1 aromatic heterocycles. The number of benzene rings is 1. The average molecular weight is 375 g/mol. The average Bonchev–Trinajstić information content (AvgIpc) is 2.65. The summed E-state index contributed by atoms with van der Waals surface area (Å²) in [7, 11) is -1.82. The van der Waals surface area contributed by atoms with Crippen molar-refractivity contribution >= 4 is 16.0 Å². The molecular weight excluding hydrogens is 350 g/mol. The summed E-state index contributed by atoms with van der Waals surface area (Å²) in [5.74, 6) is 0.621. The van der Waals surface area contributed by atoms with Crippen LogP contribution in [0.1, 0.15) is 11.3 Å². The van der Waals surface area contributed by atoms with Gasteiger partial charge in [-0.15, -0.1) is 0 Å². The van der Waals surface area contributed by atoms with E-state index in [4.69, 9.17) is 0 Å². The van der Waals surface area contributed by atoms with Crippen LogP contribution in [-0.4, -0.2) is 46.0 Å². The first-order valence-electron chi connectivity index (χ1n) is 8.42. The molecule has 0 unspecified atom stereocenters. The number of nitrogens with one attached hydrogen (secondary N) is 3. The van der Waals surface area contributed by atoms with Gasteiger partial charge in [0, 0.05) is 45.0 Å². The zero-order valence-corrected chi connectivity index (χ0v) is 15.9. The van der Waals surface area contributed by atoms with Gasteiger partial charge in [0.1, 0.15) is 0 Å². The van der Waals surface area contributed by atoms with Gasteiger partial charge in [0.15, 0.2) is 5.96 Å². The second kappa shape index (κ2) is 9.88. The predicted molar refractivity (Wildman–Crippen MR) is 104 cm³/mol. The number of guanidine groups is 1. The molecule has 0 fully saturated rings. The Hall–Kier alpha value is -2.45. The maximum Gasteiger partial charge on any atom is 0.240 e. The van der Waals surface area contributed by atoms with Crippen molar-refractivity contribution in [3.63, 3.8) is 0 Å². The second-order valence-corrected chi connectivity index (χ2v) is 7.47. The Bertz CT molecular complexity index is 805. The van der Waals surface area contributed by atoms with E-state index in [0.29, 0.717) is 19.0 Å². The predicted octanol–water partition coefficient (Wildman–Crippen LogP) is 1.08. The monoisotopic (exact) mass is 375 g/mol. The molecule has 0 aliphatic heterocycles. The highest BCUT2D eigenvalue weighted by molar-refractivity contribution is 7.89. The Morgan fingerprint density at radius 2 is 1.77 bits per heavy atom. The summed E-state index contributed by atoms with van der Waals surface area (Å²) >= 11 is 0. The zero-order valence-electron chi connectivity index (χ0n) is 15.1. The lowest BCUT2D eigenvalue weighted by Gasteiger charge is -2.12. The van der Waals surface area contributed by atoms with Crippen LogP contribution in [0.15, 0.2) is 58.5 Å². The fourth-order valence-electron chi connectivity index (χ4n) is 2.24. The molecule has 1 aromatic carbocycles. The third kappa shape index (κ3) is 6.45. The molecule has 0 aliphatic carbocycles. The summed E-state index contributed by atoms with van der Waals surface area (Å²) in [4.78, 5) is 8.64. The molecular formula is C18H25N5O2S. The van der Waals surface area contributed by atoms with Crippen LogP contribution in [-0.2, 0) is 16.4 Å². The number of aliphatic imine (C=N–C) groups is 1. The highest BCUT2D eigenvalue weighted by atomic mass is 32.2. The molecule has 8 heteroatoms. The Morgan fingerprint density at radius 1 is 1.04 bits per heavy atom. The molecule has 0 aliphatic rings. The summed E-state index contributed by atoms with van der Waals surface area (Å²) < 4.78 is 27.0. The summed E-state index contributed by atoms with van der Waals surface area (Å²) in [5.41, 5.74) is 2.02. The molecule has 0 amide bonds. The van der Waals surface area contributed by atoms with Gasteiger partial charge in [0.05, 0.1) is 4.90 Å². The lowest BCUT2D eigenvalue weighted by molar-refractivity contribution is 0.580. The maximum atomic E-state index is 12.2. The first-order chi connectivity index (χ1) is 12.5. The number of sulfonamides is 1. The van der Waals surface area contributed by atoms with E-state index >= 15 is 0 Å². The quantitative estimate of drug-likeness (QED) is 0.364. The third-order valence-electron chi connectivity index (χ3n) is 3.66. The maximum absolute atomic E-state index is 12.2. The van der Waals surface area contributed by atoms with Crippen molar-refractivity contribution in [3.8, 4) is 0 Å².